The van der Waals surface area contributed by atoms with E-state index in [0.29, 0.717) is 5.92 Å². The van der Waals surface area contributed by atoms with Gasteiger partial charge < -0.3 is 10.3 Å². The molecule has 1 saturated heterocycles. The Bertz CT molecular complexity index is 359. The van der Waals surface area contributed by atoms with Crippen molar-refractivity contribution >= 4 is 0 Å². The Balaban J connectivity index is 1.79. The minimum atomic E-state index is 0.638. The van der Waals surface area contributed by atoms with Crippen LogP contribution in [0, 0.1) is 6.92 Å². The molecule has 1 aromatic heterocycles. The fourth-order valence-corrected chi connectivity index (χ4v) is 2.86. The Labute approximate surface area is 97.0 Å². The molecular formula is C13H21N3. The zero-order valence-corrected chi connectivity index (χ0v) is 10.1. The quantitative estimate of drug-likeness (QED) is 0.802. The average molecular weight is 219 g/mol. The van der Waals surface area contributed by atoms with Crippen molar-refractivity contribution in [3.8, 4) is 0 Å². The second-order valence-corrected chi connectivity index (χ2v) is 5.30. The van der Waals surface area contributed by atoms with Gasteiger partial charge in [-0.15, -0.1) is 0 Å². The van der Waals surface area contributed by atoms with Crippen LogP contribution in [-0.2, 0) is 0 Å². The molecule has 2 heterocycles. The summed E-state index contributed by atoms with van der Waals surface area (Å²) in [6.45, 7) is 4.46. The Morgan fingerprint density at radius 2 is 1.94 bits per heavy atom. The van der Waals surface area contributed by atoms with Gasteiger partial charge >= 0.3 is 0 Å². The molecule has 2 fully saturated rings. The van der Waals surface area contributed by atoms with Crippen LogP contribution in [0.2, 0.25) is 0 Å². The highest BCUT2D eigenvalue weighted by Crippen LogP contribution is 2.36. The Morgan fingerprint density at radius 3 is 2.56 bits per heavy atom. The fourth-order valence-electron chi connectivity index (χ4n) is 2.86. The number of aromatic nitrogens is 2. The second kappa shape index (κ2) is 4.21. The van der Waals surface area contributed by atoms with E-state index in [1.165, 1.54) is 55.9 Å². The number of rotatable bonds is 2. The highest BCUT2D eigenvalue weighted by Gasteiger charge is 2.26. The third kappa shape index (κ3) is 1.77. The Hall–Kier alpha value is -0.830. The minimum Gasteiger partial charge on any atom is -0.346 e. The molecule has 1 aliphatic carbocycles. The van der Waals surface area contributed by atoms with Crippen LogP contribution in [0.15, 0.2) is 0 Å². The highest BCUT2D eigenvalue weighted by atomic mass is 15.0. The van der Waals surface area contributed by atoms with Crippen LogP contribution in [-0.4, -0.2) is 23.1 Å². The molecule has 1 unspecified atom stereocenters. The number of nitrogens with zero attached hydrogens (tertiary/aromatic N) is 1. The first-order valence-corrected chi connectivity index (χ1v) is 6.61. The van der Waals surface area contributed by atoms with Gasteiger partial charge in [0, 0.05) is 24.1 Å². The molecule has 3 nitrogen and oxygen atoms in total. The molecule has 1 aromatic rings. The van der Waals surface area contributed by atoms with Gasteiger partial charge in [-0.2, -0.15) is 0 Å². The largest absolute Gasteiger partial charge is 0.346 e. The molecule has 2 aliphatic rings. The maximum absolute atomic E-state index is 4.86. The molecule has 88 valence electrons. The van der Waals surface area contributed by atoms with Gasteiger partial charge in [-0.3, -0.25) is 0 Å². The molecule has 0 aromatic carbocycles. The molecule has 2 N–H and O–H groups in total. The molecule has 3 rings (SSSR count). The van der Waals surface area contributed by atoms with Crippen molar-refractivity contribution in [3.63, 3.8) is 0 Å². The van der Waals surface area contributed by atoms with Gasteiger partial charge in [-0.05, 0) is 39.2 Å². The lowest BCUT2D eigenvalue weighted by molar-refractivity contribution is 0.401. The zero-order valence-electron chi connectivity index (χ0n) is 10.1. The number of aromatic amines is 1. The number of hydrogen-bond acceptors (Lipinski definition) is 2. The van der Waals surface area contributed by atoms with Gasteiger partial charge in [-0.25, -0.2) is 4.98 Å². The summed E-state index contributed by atoms with van der Waals surface area (Å²) in [7, 11) is 0. The first-order chi connectivity index (χ1) is 7.84. The van der Waals surface area contributed by atoms with Crippen LogP contribution in [0.25, 0.3) is 0 Å². The third-order valence-electron chi connectivity index (χ3n) is 4.12. The summed E-state index contributed by atoms with van der Waals surface area (Å²) in [4.78, 5) is 8.36. The van der Waals surface area contributed by atoms with E-state index in [2.05, 4.69) is 17.2 Å². The van der Waals surface area contributed by atoms with Crippen molar-refractivity contribution in [2.24, 2.45) is 0 Å². The Kier molecular flexibility index (Phi) is 2.72. The topological polar surface area (TPSA) is 40.7 Å². The van der Waals surface area contributed by atoms with Crippen molar-refractivity contribution in [1.29, 1.82) is 0 Å². The van der Waals surface area contributed by atoms with Gasteiger partial charge in [0.1, 0.15) is 5.82 Å². The first-order valence-electron chi connectivity index (χ1n) is 6.61. The van der Waals surface area contributed by atoms with Gasteiger partial charge in [0.15, 0.2) is 0 Å². The van der Waals surface area contributed by atoms with E-state index in [9.17, 15) is 0 Å². The van der Waals surface area contributed by atoms with E-state index < -0.39 is 0 Å². The molecule has 3 heteroatoms. The zero-order chi connectivity index (χ0) is 11.0. The predicted molar refractivity (Wildman–Crippen MR) is 64.8 cm³/mol. The summed E-state index contributed by atoms with van der Waals surface area (Å²) in [6.07, 6.45) is 6.62. The summed E-state index contributed by atoms with van der Waals surface area (Å²) < 4.78 is 0. The number of piperidine rings is 1. The van der Waals surface area contributed by atoms with Crippen molar-refractivity contribution in [1.82, 2.24) is 15.3 Å². The van der Waals surface area contributed by atoms with Crippen LogP contribution in [0.1, 0.15) is 61.2 Å². The van der Waals surface area contributed by atoms with E-state index >= 15 is 0 Å². The van der Waals surface area contributed by atoms with Crippen LogP contribution >= 0.6 is 0 Å². The van der Waals surface area contributed by atoms with Crippen LogP contribution in [0.4, 0.5) is 0 Å². The third-order valence-corrected chi connectivity index (χ3v) is 4.12. The number of imidazole rings is 1. The Morgan fingerprint density at radius 1 is 1.12 bits per heavy atom. The average Bonchev–Trinajstić information content (AvgIpc) is 2.59. The van der Waals surface area contributed by atoms with Gasteiger partial charge in [0.05, 0.1) is 5.69 Å². The standard InChI is InChI=1S/C13H21N3/c1-9-12(11-6-3-7-14-8-11)16-13(15-9)10-4-2-5-10/h10-11,14H,2-8H2,1H3,(H,15,16). The number of H-pyrrole nitrogens is 1. The molecule has 1 atom stereocenters. The maximum Gasteiger partial charge on any atom is 0.109 e. The lowest BCUT2D eigenvalue weighted by Gasteiger charge is -2.23. The van der Waals surface area contributed by atoms with Crippen LogP contribution in [0.3, 0.4) is 0 Å². The molecule has 1 saturated carbocycles. The number of hydrogen-bond donors (Lipinski definition) is 2. The summed E-state index contributed by atoms with van der Waals surface area (Å²) >= 11 is 0. The second-order valence-electron chi connectivity index (χ2n) is 5.30. The van der Waals surface area contributed by atoms with E-state index in [1.54, 1.807) is 0 Å². The van der Waals surface area contributed by atoms with Gasteiger partial charge in [-0.1, -0.05) is 6.42 Å². The van der Waals surface area contributed by atoms with E-state index in [1.807, 2.05) is 0 Å². The van der Waals surface area contributed by atoms with Gasteiger partial charge in [0.25, 0.3) is 0 Å². The number of nitrogens with one attached hydrogen (secondary N) is 2. The minimum absolute atomic E-state index is 0.638. The predicted octanol–water partition coefficient (Wildman–Crippen LogP) is 2.45. The maximum atomic E-state index is 4.86. The van der Waals surface area contributed by atoms with E-state index in [-0.39, 0.29) is 0 Å². The monoisotopic (exact) mass is 219 g/mol. The molecular weight excluding hydrogens is 198 g/mol. The summed E-state index contributed by atoms with van der Waals surface area (Å²) in [5.41, 5.74) is 2.63. The lowest BCUT2D eigenvalue weighted by Crippen LogP contribution is -2.28. The summed E-state index contributed by atoms with van der Waals surface area (Å²) in [6, 6.07) is 0. The van der Waals surface area contributed by atoms with Crippen molar-refractivity contribution in [3.05, 3.63) is 17.2 Å². The van der Waals surface area contributed by atoms with Crippen LogP contribution in [0.5, 0.6) is 0 Å². The molecule has 0 radical (unpaired) electrons. The first kappa shape index (κ1) is 10.3. The van der Waals surface area contributed by atoms with Crippen molar-refractivity contribution in [2.45, 2.75) is 50.9 Å². The summed E-state index contributed by atoms with van der Waals surface area (Å²) in [5, 5.41) is 3.47. The molecule has 1 aliphatic heterocycles. The SMILES string of the molecule is Cc1[nH]c(C2CCC2)nc1C1CCCNC1. The summed E-state index contributed by atoms with van der Waals surface area (Å²) in [5.74, 6) is 2.62. The van der Waals surface area contributed by atoms with Crippen LogP contribution < -0.4 is 5.32 Å². The van der Waals surface area contributed by atoms with E-state index in [4.69, 9.17) is 4.98 Å². The van der Waals surface area contributed by atoms with Crippen molar-refractivity contribution < 1.29 is 0 Å². The van der Waals surface area contributed by atoms with Crippen molar-refractivity contribution in [2.75, 3.05) is 13.1 Å². The normalized spacial score (nSPS) is 26.7. The van der Waals surface area contributed by atoms with E-state index in [0.717, 1.165) is 12.5 Å². The number of aryl methyl sites for hydroxylation is 1. The molecule has 0 bridgehead atoms. The lowest BCUT2D eigenvalue weighted by atomic mass is 9.85. The molecule has 0 amide bonds. The molecule has 0 spiro atoms. The highest BCUT2D eigenvalue weighted by molar-refractivity contribution is 5.21. The smallest absolute Gasteiger partial charge is 0.109 e. The molecule has 16 heavy (non-hydrogen) atoms. The fraction of sp³-hybridized carbons (Fsp3) is 0.769. The van der Waals surface area contributed by atoms with Gasteiger partial charge in [0.2, 0.25) is 0 Å².